The van der Waals surface area contributed by atoms with Crippen LogP contribution < -0.4 is 10.1 Å². The number of methoxy groups -OCH3 is 1. The van der Waals surface area contributed by atoms with Crippen LogP contribution in [0.3, 0.4) is 0 Å². The third-order valence-corrected chi connectivity index (χ3v) is 4.12. The zero-order valence-electron chi connectivity index (χ0n) is 11.8. The molecule has 0 radical (unpaired) electrons. The van der Waals surface area contributed by atoms with E-state index in [2.05, 4.69) is 20.8 Å². The Hall–Kier alpha value is -2.52. The molecule has 0 saturated carbocycles. The van der Waals surface area contributed by atoms with Crippen molar-refractivity contribution in [3.05, 3.63) is 46.7 Å². The smallest absolute Gasteiger partial charge is 0.194 e. The lowest BCUT2D eigenvalue weighted by Crippen LogP contribution is -2.06. The predicted molar refractivity (Wildman–Crippen MR) is 82.8 cm³/mol. The zero-order valence-corrected chi connectivity index (χ0v) is 12.6. The van der Waals surface area contributed by atoms with Crippen molar-refractivity contribution >= 4 is 22.0 Å². The second kappa shape index (κ2) is 5.46. The molecule has 0 saturated heterocycles. The number of nitriles is 1. The number of aryl methyl sites for hydroxylation is 1. The molecule has 2 aromatic heterocycles. The Kier molecular flexibility index (Phi) is 3.50. The predicted octanol–water partition coefficient (Wildman–Crippen LogP) is 3.20. The second-order valence-electron chi connectivity index (χ2n) is 4.55. The molecule has 106 valence electrons. The van der Waals surface area contributed by atoms with Crippen LogP contribution in [0.4, 0.5) is 5.69 Å². The summed E-state index contributed by atoms with van der Waals surface area (Å²) in [5, 5.41) is 14.5. The standard InChI is InChI=1S/C15H14N4OS/c1-10-12(19-6-7-21-15(19)18-10)9-17-14-11(8-16)4-3-5-13(14)20-2/h3-7,17H,9H2,1-2H3. The summed E-state index contributed by atoms with van der Waals surface area (Å²) in [5.74, 6) is 0.665. The SMILES string of the molecule is COc1cccc(C#N)c1NCc1c(C)nc2sccn12. The van der Waals surface area contributed by atoms with Crippen molar-refractivity contribution in [2.45, 2.75) is 13.5 Å². The molecule has 0 aliphatic rings. The highest BCUT2D eigenvalue weighted by Gasteiger charge is 2.12. The Morgan fingerprint density at radius 1 is 1.48 bits per heavy atom. The minimum Gasteiger partial charge on any atom is -0.495 e. The molecule has 1 N–H and O–H groups in total. The van der Waals surface area contributed by atoms with Gasteiger partial charge in [0.25, 0.3) is 0 Å². The number of para-hydroxylation sites is 1. The average molecular weight is 298 g/mol. The molecule has 0 bridgehead atoms. The Labute approximate surface area is 126 Å². The highest BCUT2D eigenvalue weighted by atomic mass is 32.1. The number of hydrogen-bond donors (Lipinski definition) is 1. The maximum atomic E-state index is 9.23. The van der Waals surface area contributed by atoms with Crippen molar-refractivity contribution in [2.75, 3.05) is 12.4 Å². The van der Waals surface area contributed by atoms with E-state index in [-0.39, 0.29) is 0 Å². The number of imidazole rings is 1. The first kappa shape index (κ1) is 13.5. The second-order valence-corrected chi connectivity index (χ2v) is 5.42. The first-order valence-corrected chi connectivity index (χ1v) is 7.34. The molecular weight excluding hydrogens is 284 g/mol. The number of fused-ring (bicyclic) bond motifs is 1. The topological polar surface area (TPSA) is 62.3 Å². The van der Waals surface area contributed by atoms with Crippen molar-refractivity contribution in [3.8, 4) is 11.8 Å². The van der Waals surface area contributed by atoms with Crippen molar-refractivity contribution < 1.29 is 4.74 Å². The molecule has 5 nitrogen and oxygen atoms in total. The lowest BCUT2D eigenvalue weighted by molar-refractivity contribution is 0.416. The van der Waals surface area contributed by atoms with Crippen LogP contribution in [0.15, 0.2) is 29.8 Å². The van der Waals surface area contributed by atoms with Crippen LogP contribution in [-0.4, -0.2) is 16.5 Å². The van der Waals surface area contributed by atoms with E-state index in [0.29, 0.717) is 23.5 Å². The first-order valence-electron chi connectivity index (χ1n) is 6.46. The van der Waals surface area contributed by atoms with Gasteiger partial charge in [-0.1, -0.05) is 6.07 Å². The summed E-state index contributed by atoms with van der Waals surface area (Å²) in [5.41, 5.74) is 3.36. The molecule has 6 heteroatoms. The van der Waals surface area contributed by atoms with Crippen LogP contribution >= 0.6 is 11.3 Å². The van der Waals surface area contributed by atoms with Crippen molar-refractivity contribution in [2.24, 2.45) is 0 Å². The van der Waals surface area contributed by atoms with E-state index in [1.165, 1.54) is 0 Å². The molecule has 0 spiro atoms. The van der Waals surface area contributed by atoms with E-state index in [1.807, 2.05) is 30.6 Å². The van der Waals surface area contributed by atoms with Crippen LogP contribution in [0, 0.1) is 18.3 Å². The van der Waals surface area contributed by atoms with Gasteiger partial charge in [-0.15, -0.1) is 11.3 Å². The van der Waals surface area contributed by atoms with Crippen LogP contribution in [0.5, 0.6) is 5.75 Å². The summed E-state index contributed by atoms with van der Waals surface area (Å²) in [6.07, 6.45) is 2.00. The van der Waals surface area contributed by atoms with E-state index < -0.39 is 0 Å². The van der Waals surface area contributed by atoms with Gasteiger partial charge in [0, 0.05) is 11.6 Å². The van der Waals surface area contributed by atoms with E-state index in [0.717, 1.165) is 16.3 Å². The third kappa shape index (κ3) is 2.32. The normalized spacial score (nSPS) is 10.5. The van der Waals surface area contributed by atoms with Gasteiger partial charge < -0.3 is 10.1 Å². The maximum Gasteiger partial charge on any atom is 0.194 e. The monoisotopic (exact) mass is 298 g/mol. The van der Waals surface area contributed by atoms with E-state index >= 15 is 0 Å². The molecule has 2 heterocycles. The molecule has 0 atom stereocenters. The molecule has 0 amide bonds. The van der Waals surface area contributed by atoms with Gasteiger partial charge in [0.05, 0.1) is 36.3 Å². The first-order chi connectivity index (χ1) is 10.2. The van der Waals surface area contributed by atoms with E-state index in [9.17, 15) is 5.26 Å². The van der Waals surface area contributed by atoms with Gasteiger partial charge >= 0.3 is 0 Å². The van der Waals surface area contributed by atoms with Gasteiger partial charge in [-0.25, -0.2) is 4.98 Å². The Morgan fingerprint density at radius 2 is 2.33 bits per heavy atom. The lowest BCUT2D eigenvalue weighted by Gasteiger charge is -2.12. The third-order valence-electron chi connectivity index (χ3n) is 3.36. The maximum absolute atomic E-state index is 9.23. The summed E-state index contributed by atoms with van der Waals surface area (Å²) in [6.45, 7) is 2.57. The lowest BCUT2D eigenvalue weighted by atomic mass is 10.1. The fourth-order valence-electron chi connectivity index (χ4n) is 2.30. The fraction of sp³-hybridized carbons (Fsp3) is 0.200. The van der Waals surface area contributed by atoms with E-state index in [1.54, 1.807) is 24.5 Å². The summed E-state index contributed by atoms with van der Waals surface area (Å²) in [4.78, 5) is 5.49. The number of aromatic nitrogens is 2. The van der Waals surface area contributed by atoms with Gasteiger partial charge in [0.15, 0.2) is 4.96 Å². The Bertz CT molecular complexity index is 828. The zero-order chi connectivity index (χ0) is 14.8. The minimum atomic E-state index is 0.568. The average Bonchev–Trinajstić information content (AvgIpc) is 3.05. The summed E-state index contributed by atoms with van der Waals surface area (Å²) in [7, 11) is 1.60. The van der Waals surface area contributed by atoms with Crippen LogP contribution in [-0.2, 0) is 6.54 Å². The van der Waals surface area contributed by atoms with Gasteiger partial charge in [0.1, 0.15) is 11.8 Å². The number of nitrogens with zero attached hydrogens (tertiary/aromatic N) is 3. The molecule has 0 fully saturated rings. The highest BCUT2D eigenvalue weighted by molar-refractivity contribution is 7.15. The quantitative estimate of drug-likeness (QED) is 0.803. The van der Waals surface area contributed by atoms with Crippen LogP contribution in [0.2, 0.25) is 0 Å². The number of nitrogens with one attached hydrogen (secondary N) is 1. The number of anilines is 1. The Balaban J connectivity index is 1.93. The molecule has 0 unspecified atom stereocenters. The minimum absolute atomic E-state index is 0.568. The molecule has 0 aliphatic heterocycles. The van der Waals surface area contributed by atoms with Gasteiger partial charge in [-0.2, -0.15) is 5.26 Å². The number of thiazole rings is 1. The van der Waals surface area contributed by atoms with Crippen molar-refractivity contribution in [1.82, 2.24) is 9.38 Å². The molecule has 1 aromatic carbocycles. The van der Waals surface area contributed by atoms with Gasteiger partial charge in [-0.05, 0) is 19.1 Å². The fourth-order valence-corrected chi connectivity index (χ4v) is 3.08. The molecule has 3 aromatic rings. The van der Waals surface area contributed by atoms with E-state index in [4.69, 9.17) is 4.74 Å². The highest BCUT2D eigenvalue weighted by Crippen LogP contribution is 2.28. The molecule has 3 rings (SSSR count). The number of benzene rings is 1. The number of hydrogen-bond acceptors (Lipinski definition) is 5. The number of ether oxygens (including phenoxy) is 1. The Morgan fingerprint density at radius 3 is 3.10 bits per heavy atom. The molecular formula is C15H14N4OS. The van der Waals surface area contributed by atoms with Crippen molar-refractivity contribution in [1.29, 1.82) is 5.26 Å². The van der Waals surface area contributed by atoms with Gasteiger partial charge in [-0.3, -0.25) is 4.40 Å². The molecule has 0 aliphatic carbocycles. The van der Waals surface area contributed by atoms with Gasteiger partial charge in [0.2, 0.25) is 0 Å². The van der Waals surface area contributed by atoms with Crippen LogP contribution in [0.25, 0.3) is 4.96 Å². The number of rotatable bonds is 4. The largest absolute Gasteiger partial charge is 0.495 e. The summed E-state index contributed by atoms with van der Waals surface area (Å²) in [6, 6.07) is 7.61. The van der Waals surface area contributed by atoms with Crippen LogP contribution in [0.1, 0.15) is 17.0 Å². The van der Waals surface area contributed by atoms with Crippen molar-refractivity contribution in [3.63, 3.8) is 0 Å². The summed E-state index contributed by atoms with van der Waals surface area (Å²) < 4.78 is 7.39. The summed E-state index contributed by atoms with van der Waals surface area (Å²) >= 11 is 1.61. The molecule has 21 heavy (non-hydrogen) atoms.